The summed E-state index contributed by atoms with van der Waals surface area (Å²) >= 11 is 5.81. The van der Waals surface area contributed by atoms with Crippen molar-refractivity contribution in [1.82, 2.24) is 9.88 Å². The van der Waals surface area contributed by atoms with E-state index in [9.17, 15) is 4.79 Å². The van der Waals surface area contributed by atoms with Crippen LogP contribution in [0.4, 0.5) is 5.69 Å². The number of thiocarbonyl (C=S) groups is 1. The second-order valence-electron chi connectivity index (χ2n) is 8.93. The molecule has 5 nitrogen and oxygen atoms in total. The van der Waals surface area contributed by atoms with E-state index in [1.807, 2.05) is 19.1 Å². The van der Waals surface area contributed by atoms with Crippen LogP contribution in [0.3, 0.4) is 0 Å². The number of anilines is 1. The van der Waals surface area contributed by atoms with Crippen LogP contribution in [0.15, 0.2) is 41.2 Å². The second kappa shape index (κ2) is 9.43. The first-order valence-electron chi connectivity index (χ1n) is 11.2. The van der Waals surface area contributed by atoms with Gasteiger partial charge in [-0.15, -0.1) is 0 Å². The van der Waals surface area contributed by atoms with Gasteiger partial charge in [0.15, 0.2) is 5.11 Å². The lowest BCUT2D eigenvalue weighted by Crippen LogP contribution is -2.40. The van der Waals surface area contributed by atoms with Gasteiger partial charge in [0.05, 0.1) is 12.6 Å². The molecule has 1 aromatic heterocycles. The van der Waals surface area contributed by atoms with Gasteiger partial charge in [0.2, 0.25) is 0 Å². The summed E-state index contributed by atoms with van der Waals surface area (Å²) in [6.45, 7) is 10.1. The third-order valence-corrected chi connectivity index (χ3v) is 6.47. The van der Waals surface area contributed by atoms with E-state index in [0.717, 1.165) is 52.7 Å². The number of benzene rings is 2. The molecule has 2 heterocycles. The summed E-state index contributed by atoms with van der Waals surface area (Å²) in [7, 11) is 0. The van der Waals surface area contributed by atoms with Crippen molar-refractivity contribution in [1.29, 1.82) is 0 Å². The predicted molar refractivity (Wildman–Crippen MR) is 136 cm³/mol. The first kappa shape index (κ1) is 22.5. The summed E-state index contributed by atoms with van der Waals surface area (Å²) < 4.78 is 5.88. The number of hydrogen-bond acceptors (Lipinski definition) is 3. The lowest BCUT2D eigenvalue weighted by Gasteiger charge is -2.28. The largest absolute Gasteiger partial charge is 0.376 e. The van der Waals surface area contributed by atoms with Crippen LogP contribution in [0, 0.1) is 27.7 Å². The van der Waals surface area contributed by atoms with Crippen LogP contribution >= 0.6 is 12.2 Å². The molecule has 0 saturated carbocycles. The third kappa shape index (κ3) is 5.03. The highest BCUT2D eigenvalue weighted by Crippen LogP contribution is 2.22. The zero-order valence-corrected chi connectivity index (χ0v) is 20.1. The summed E-state index contributed by atoms with van der Waals surface area (Å²) in [4.78, 5) is 18.0. The highest BCUT2D eigenvalue weighted by Gasteiger charge is 2.22. The van der Waals surface area contributed by atoms with E-state index in [4.69, 9.17) is 17.0 Å². The van der Waals surface area contributed by atoms with Crippen molar-refractivity contribution in [2.45, 2.75) is 53.2 Å². The Hall–Kier alpha value is -2.70. The average Bonchev–Trinajstić information content (AvgIpc) is 3.23. The molecule has 3 aromatic rings. The number of nitrogens with zero attached hydrogens (tertiary/aromatic N) is 1. The maximum Gasteiger partial charge on any atom is 0.253 e. The molecule has 4 rings (SSSR count). The predicted octanol–water partition coefficient (Wildman–Crippen LogP) is 5.14. The lowest BCUT2D eigenvalue weighted by atomic mass is 10.0. The van der Waals surface area contributed by atoms with Crippen molar-refractivity contribution >= 4 is 33.9 Å². The van der Waals surface area contributed by atoms with E-state index in [0.29, 0.717) is 23.8 Å². The number of nitrogens with one attached hydrogen (secondary N) is 2. The average molecular weight is 450 g/mol. The molecular formula is C26H31N3O2S. The SMILES string of the molecule is Cc1ccc(NC(=S)N(Cc2cc3c(C)cc(C)cc3[nH]c2=O)CC2CCCO2)c(C)c1. The number of pyridine rings is 1. The van der Waals surface area contributed by atoms with Crippen molar-refractivity contribution in [3.8, 4) is 0 Å². The molecule has 0 aliphatic carbocycles. The molecule has 2 aromatic carbocycles. The minimum atomic E-state index is -0.0749. The molecular weight excluding hydrogens is 418 g/mol. The van der Waals surface area contributed by atoms with E-state index >= 15 is 0 Å². The zero-order chi connectivity index (χ0) is 22.8. The molecule has 1 atom stereocenters. The van der Waals surface area contributed by atoms with Crippen LogP contribution in [0.2, 0.25) is 0 Å². The Morgan fingerprint density at radius 1 is 1.12 bits per heavy atom. The summed E-state index contributed by atoms with van der Waals surface area (Å²) in [5, 5.41) is 5.07. The van der Waals surface area contributed by atoms with Gasteiger partial charge in [-0.2, -0.15) is 0 Å². The van der Waals surface area contributed by atoms with Crippen molar-refractivity contribution in [3.05, 3.63) is 74.6 Å². The van der Waals surface area contributed by atoms with Gasteiger partial charge >= 0.3 is 0 Å². The van der Waals surface area contributed by atoms with Gasteiger partial charge in [-0.25, -0.2) is 0 Å². The van der Waals surface area contributed by atoms with Gasteiger partial charge in [-0.1, -0.05) is 23.8 Å². The highest BCUT2D eigenvalue weighted by atomic mass is 32.1. The van der Waals surface area contributed by atoms with Gasteiger partial charge in [0.1, 0.15) is 0 Å². The standard InChI is InChI=1S/C26H31N3O2S/c1-16-7-8-23(19(4)10-16)28-26(32)29(15-21-6-5-9-31-21)14-20-13-22-18(3)11-17(2)12-24(22)27-25(20)30/h7-8,10-13,21H,5-6,9,14-15H2,1-4H3,(H,27,30)(H,28,32). The lowest BCUT2D eigenvalue weighted by molar-refractivity contribution is 0.0904. The maximum absolute atomic E-state index is 12.9. The number of H-pyrrole nitrogens is 1. The molecule has 32 heavy (non-hydrogen) atoms. The van der Waals surface area contributed by atoms with E-state index in [2.05, 4.69) is 60.2 Å². The number of hydrogen-bond donors (Lipinski definition) is 2. The summed E-state index contributed by atoms with van der Waals surface area (Å²) in [6, 6.07) is 12.4. The molecule has 0 spiro atoms. The van der Waals surface area contributed by atoms with Crippen LogP contribution in [0.5, 0.6) is 0 Å². The summed E-state index contributed by atoms with van der Waals surface area (Å²) in [6.07, 6.45) is 2.19. The third-order valence-electron chi connectivity index (χ3n) is 6.11. The van der Waals surface area contributed by atoms with Crippen molar-refractivity contribution in [2.75, 3.05) is 18.5 Å². The highest BCUT2D eigenvalue weighted by molar-refractivity contribution is 7.80. The van der Waals surface area contributed by atoms with Crippen LogP contribution in [-0.4, -0.2) is 34.3 Å². The number of fused-ring (bicyclic) bond motifs is 1. The molecule has 1 unspecified atom stereocenters. The summed E-state index contributed by atoms with van der Waals surface area (Å²) in [5.74, 6) is 0. The Morgan fingerprint density at radius 2 is 1.91 bits per heavy atom. The Morgan fingerprint density at radius 3 is 2.62 bits per heavy atom. The topological polar surface area (TPSA) is 57.4 Å². The fourth-order valence-corrected chi connectivity index (χ4v) is 4.69. The molecule has 0 bridgehead atoms. The maximum atomic E-state index is 12.9. The molecule has 2 N–H and O–H groups in total. The first-order valence-corrected chi connectivity index (χ1v) is 11.6. The van der Waals surface area contributed by atoms with Gasteiger partial charge in [0.25, 0.3) is 5.56 Å². The van der Waals surface area contributed by atoms with Crippen LogP contribution in [-0.2, 0) is 11.3 Å². The van der Waals surface area contributed by atoms with Gasteiger partial charge in [-0.05, 0) is 87.6 Å². The van der Waals surface area contributed by atoms with E-state index in [1.165, 1.54) is 5.56 Å². The quantitative estimate of drug-likeness (QED) is 0.528. The monoisotopic (exact) mass is 449 g/mol. The van der Waals surface area contributed by atoms with Crippen LogP contribution in [0.1, 0.15) is 40.7 Å². The molecule has 6 heteroatoms. The minimum absolute atomic E-state index is 0.0749. The molecule has 1 aliphatic rings. The van der Waals surface area contributed by atoms with E-state index in [1.54, 1.807) is 0 Å². The van der Waals surface area contributed by atoms with E-state index < -0.39 is 0 Å². The fraction of sp³-hybridized carbons (Fsp3) is 0.385. The molecule has 168 valence electrons. The summed E-state index contributed by atoms with van der Waals surface area (Å²) in [5.41, 5.74) is 7.12. The van der Waals surface area contributed by atoms with E-state index in [-0.39, 0.29) is 11.7 Å². The zero-order valence-electron chi connectivity index (χ0n) is 19.2. The molecule has 1 fully saturated rings. The Bertz CT molecular complexity index is 1210. The Balaban J connectivity index is 1.63. The Kier molecular flexibility index (Phi) is 6.63. The first-order chi connectivity index (χ1) is 15.3. The van der Waals surface area contributed by atoms with Crippen molar-refractivity contribution in [3.63, 3.8) is 0 Å². The molecule has 1 saturated heterocycles. The van der Waals surface area contributed by atoms with Crippen LogP contribution in [0.25, 0.3) is 10.9 Å². The smallest absolute Gasteiger partial charge is 0.253 e. The van der Waals surface area contributed by atoms with Gasteiger partial charge in [-0.3, -0.25) is 4.79 Å². The molecule has 0 radical (unpaired) electrons. The fourth-order valence-electron chi connectivity index (χ4n) is 4.44. The number of ether oxygens (including phenoxy) is 1. The second-order valence-corrected chi connectivity index (χ2v) is 9.32. The number of aryl methyl sites for hydroxylation is 4. The number of aromatic nitrogens is 1. The molecule has 1 aliphatic heterocycles. The van der Waals surface area contributed by atoms with Crippen LogP contribution < -0.4 is 10.9 Å². The van der Waals surface area contributed by atoms with Crippen molar-refractivity contribution < 1.29 is 4.74 Å². The minimum Gasteiger partial charge on any atom is -0.376 e. The van der Waals surface area contributed by atoms with Crippen molar-refractivity contribution in [2.24, 2.45) is 0 Å². The molecule has 0 amide bonds. The van der Waals surface area contributed by atoms with Gasteiger partial charge < -0.3 is 19.9 Å². The number of aromatic amines is 1. The van der Waals surface area contributed by atoms with Gasteiger partial charge in [0, 0.05) is 35.3 Å². The number of rotatable bonds is 5. The Labute approximate surface area is 194 Å². The normalized spacial score (nSPS) is 15.8.